The van der Waals surface area contributed by atoms with Gasteiger partial charge in [0.2, 0.25) is 0 Å². The van der Waals surface area contributed by atoms with Gasteiger partial charge in [0, 0.05) is 17.6 Å². The number of rotatable bonds is 11. The van der Waals surface area contributed by atoms with Crippen molar-refractivity contribution in [1.82, 2.24) is 9.55 Å². The molecule has 1 fully saturated rings. The Morgan fingerprint density at radius 3 is 1.95 bits per heavy atom. The summed E-state index contributed by atoms with van der Waals surface area (Å²) in [7, 11) is 3.18. The SMILES string of the molecule is COc1ccc(C(OC[C@H]2O[C@@H](n3ccc(=O)[nH]c3=O)[C@H](OC(=O)Nc3ccc4ccc5cccc6ccc3c4c56)[C@@H]2O)(c2ccccc2)c2ccc(OC)cc2)cc1. The largest absolute Gasteiger partial charge is 0.497 e. The van der Waals surface area contributed by atoms with Gasteiger partial charge in [-0.25, -0.2) is 9.59 Å². The average Bonchev–Trinajstić information content (AvgIpc) is 3.57. The van der Waals surface area contributed by atoms with Crippen LogP contribution < -0.4 is 26.0 Å². The van der Waals surface area contributed by atoms with Crippen LogP contribution in [0, 0.1) is 0 Å². The van der Waals surface area contributed by atoms with E-state index in [-0.39, 0.29) is 6.61 Å². The Labute approximate surface area is 337 Å². The molecule has 0 spiro atoms. The number of aliphatic hydroxyl groups excluding tert-OH is 1. The Kier molecular flexibility index (Phi) is 9.81. The van der Waals surface area contributed by atoms with Crippen LogP contribution in [-0.2, 0) is 19.8 Å². The van der Waals surface area contributed by atoms with Crippen molar-refractivity contribution in [2.24, 2.45) is 0 Å². The molecule has 0 radical (unpaired) electrons. The molecule has 2 heterocycles. The van der Waals surface area contributed by atoms with Gasteiger partial charge in [-0.2, -0.15) is 0 Å². The number of benzene rings is 7. The maximum absolute atomic E-state index is 13.9. The first-order valence-electron chi connectivity index (χ1n) is 19.0. The lowest BCUT2D eigenvalue weighted by atomic mass is 9.80. The number of carbonyl (C=O) groups is 1. The maximum Gasteiger partial charge on any atom is 0.412 e. The number of aliphatic hydroxyl groups is 1. The van der Waals surface area contributed by atoms with E-state index in [2.05, 4.69) is 16.4 Å². The first kappa shape index (κ1) is 37.6. The molecule has 0 saturated carbocycles. The van der Waals surface area contributed by atoms with E-state index in [4.69, 9.17) is 23.7 Å². The van der Waals surface area contributed by atoms with Gasteiger partial charge < -0.3 is 28.8 Å². The van der Waals surface area contributed by atoms with Crippen LogP contribution in [0.2, 0.25) is 0 Å². The lowest BCUT2D eigenvalue weighted by Crippen LogP contribution is -2.42. The van der Waals surface area contributed by atoms with Crippen molar-refractivity contribution >= 4 is 44.1 Å². The molecule has 0 aliphatic carbocycles. The second-order valence-corrected chi connectivity index (χ2v) is 14.4. The predicted octanol–water partition coefficient (Wildman–Crippen LogP) is 7.34. The second-order valence-electron chi connectivity index (χ2n) is 14.4. The van der Waals surface area contributed by atoms with Crippen molar-refractivity contribution in [1.29, 1.82) is 0 Å². The summed E-state index contributed by atoms with van der Waals surface area (Å²) >= 11 is 0. The third-order valence-corrected chi connectivity index (χ3v) is 11.1. The Balaban J connectivity index is 1.06. The molecule has 1 aromatic heterocycles. The number of aromatic nitrogens is 2. The number of methoxy groups -OCH3 is 2. The van der Waals surface area contributed by atoms with Crippen LogP contribution in [-0.4, -0.2) is 59.9 Å². The minimum absolute atomic E-state index is 0.237. The van der Waals surface area contributed by atoms with Crippen molar-refractivity contribution in [2.75, 3.05) is 26.1 Å². The highest BCUT2D eigenvalue weighted by atomic mass is 16.6. The van der Waals surface area contributed by atoms with Crippen LogP contribution >= 0.6 is 0 Å². The molecule has 7 aromatic carbocycles. The zero-order chi connectivity index (χ0) is 40.7. The zero-order valence-corrected chi connectivity index (χ0v) is 32.0. The summed E-state index contributed by atoms with van der Waals surface area (Å²) in [6, 6.07) is 43.6. The van der Waals surface area contributed by atoms with Gasteiger partial charge in [-0.3, -0.25) is 19.7 Å². The molecule has 12 nitrogen and oxygen atoms in total. The summed E-state index contributed by atoms with van der Waals surface area (Å²) in [4.78, 5) is 41.4. The number of anilines is 1. The fraction of sp³-hybridized carbons (Fsp3) is 0.170. The number of carbonyl (C=O) groups excluding carboxylic acids is 1. The van der Waals surface area contributed by atoms with E-state index in [0.717, 1.165) is 59.6 Å². The molecule has 12 heteroatoms. The van der Waals surface area contributed by atoms with E-state index in [1.54, 1.807) is 20.3 Å². The van der Waals surface area contributed by atoms with Crippen LogP contribution in [0.15, 0.2) is 155 Å². The monoisotopic (exact) mass is 789 g/mol. The molecule has 296 valence electrons. The summed E-state index contributed by atoms with van der Waals surface area (Å²) in [6.45, 7) is -0.237. The number of hydrogen-bond donors (Lipinski definition) is 3. The van der Waals surface area contributed by atoms with Gasteiger partial charge in [-0.15, -0.1) is 0 Å². The van der Waals surface area contributed by atoms with E-state index in [0.29, 0.717) is 17.2 Å². The number of nitrogens with one attached hydrogen (secondary N) is 2. The number of ether oxygens (including phenoxy) is 5. The van der Waals surface area contributed by atoms with E-state index < -0.39 is 47.5 Å². The van der Waals surface area contributed by atoms with Gasteiger partial charge in [0.1, 0.15) is 29.3 Å². The van der Waals surface area contributed by atoms with Crippen LogP contribution in [0.1, 0.15) is 22.9 Å². The first-order chi connectivity index (χ1) is 28.8. The Bertz CT molecular complexity index is 2830. The molecule has 1 saturated heterocycles. The number of H-pyrrole nitrogens is 1. The highest BCUT2D eigenvalue weighted by Gasteiger charge is 2.49. The first-order valence-corrected chi connectivity index (χ1v) is 19.0. The molecule has 4 atom stereocenters. The number of hydrogen-bond acceptors (Lipinski definition) is 9. The van der Waals surface area contributed by atoms with E-state index in [1.165, 1.54) is 6.20 Å². The smallest absolute Gasteiger partial charge is 0.412 e. The van der Waals surface area contributed by atoms with Crippen molar-refractivity contribution in [3.8, 4) is 11.5 Å². The minimum Gasteiger partial charge on any atom is -0.497 e. The lowest BCUT2D eigenvalue weighted by molar-refractivity contribution is -0.0959. The third-order valence-electron chi connectivity index (χ3n) is 11.1. The normalized spacial score (nSPS) is 18.0. The molecule has 9 rings (SSSR count). The van der Waals surface area contributed by atoms with E-state index in [1.807, 2.05) is 121 Å². The highest BCUT2D eigenvalue weighted by Crippen LogP contribution is 2.43. The quantitative estimate of drug-likeness (QED) is 0.0904. The summed E-state index contributed by atoms with van der Waals surface area (Å²) in [5.41, 5.74) is 0.0632. The molecule has 1 aliphatic rings. The molecule has 3 N–H and O–H groups in total. The van der Waals surface area contributed by atoms with Crippen molar-refractivity contribution in [2.45, 2.75) is 30.1 Å². The summed E-state index contributed by atoms with van der Waals surface area (Å²) < 4.78 is 31.4. The van der Waals surface area contributed by atoms with E-state index in [9.17, 15) is 19.5 Å². The summed E-state index contributed by atoms with van der Waals surface area (Å²) in [5.74, 6) is 1.30. The van der Waals surface area contributed by atoms with Gasteiger partial charge >= 0.3 is 11.8 Å². The minimum atomic E-state index is -1.49. The molecule has 0 bridgehead atoms. The van der Waals surface area contributed by atoms with Crippen LogP contribution in [0.3, 0.4) is 0 Å². The van der Waals surface area contributed by atoms with Gasteiger partial charge in [0.15, 0.2) is 12.3 Å². The van der Waals surface area contributed by atoms with Gasteiger partial charge in [0.05, 0.1) is 26.5 Å². The molecule has 1 aliphatic heterocycles. The number of amides is 1. The van der Waals surface area contributed by atoms with Gasteiger partial charge in [-0.1, -0.05) is 103 Å². The van der Waals surface area contributed by atoms with Crippen LogP contribution in [0.5, 0.6) is 11.5 Å². The zero-order valence-electron chi connectivity index (χ0n) is 32.0. The van der Waals surface area contributed by atoms with Crippen molar-refractivity contribution in [3.05, 3.63) is 183 Å². The highest BCUT2D eigenvalue weighted by molar-refractivity contribution is 6.25. The lowest BCUT2D eigenvalue weighted by Gasteiger charge is -2.37. The molecular weight excluding hydrogens is 751 g/mol. The van der Waals surface area contributed by atoms with Crippen molar-refractivity contribution < 1.29 is 33.6 Å². The molecule has 1 amide bonds. The standard InChI is InChI=1S/C47H39N3O9/c1-55-34-19-15-32(16-20-34)47(31-9-4-3-5-10-31,33-17-21-35(56-2)22-18-33)57-27-38-42(52)43(44(58-38)50-26-25-39(51)49-45(50)53)59-46(54)48-37-24-14-30-12-11-28-7-6-8-29-13-23-36(37)41(30)40(28)29/h3-26,38,42-44,52H,27H2,1-2H3,(H,48,54)(H,49,51,53)/t38-,42-,43-,44-/m1/s1. The molecule has 8 aromatic rings. The van der Waals surface area contributed by atoms with E-state index >= 15 is 0 Å². The topological polar surface area (TPSA) is 150 Å². The van der Waals surface area contributed by atoms with Crippen molar-refractivity contribution in [3.63, 3.8) is 0 Å². The Morgan fingerprint density at radius 1 is 0.729 bits per heavy atom. The van der Waals surface area contributed by atoms with Crippen LogP contribution in [0.4, 0.5) is 10.5 Å². The Morgan fingerprint density at radius 2 is 1.32 bits per heavy atom. The predicted molar refractivity (Wildman–Crippen MR) is 224 cm³/mol. The van der Waals surface area contributed by atoms with Gasteiger partial charge in [0.25, 0.3) is 5.56 Å². The Hall–Kier alpha value is -6.99. The average molecular weight is 790 g/mol. The molecule has 0 unspecified atom stereocenters. The molecular formula is C47H39N3O9. The summed E-state index contributed by atoms with van der Waals surface area (Å²) in [5, 5.41) is 20.9. The second kappa shape index (κ2) is 15.4. The fourth-order valence-corrected chi connectivity index (χ4v) is 8.22. The third kappa shape index (κ3) is 6.72. The van der Waals surface area contributed by atoms with Crippen LogP contribution in [0.25, 0.3) is 32.3 Å². The fourth-order valence-electron chi connectivity index (χ4n) is 8.22. The summed E-state index contributed by atoms with van der Waals surface area (Å²) in [6.07, 6.45) is -5.04. The maximum atomic E-state index is 13.9. The molecule has 59 heavy (non-hydrogen) atoms. The van der Waals surface area contributed by atoms with Gasteiger partial charge in [-0.05, 0) is 74.0 Å². The number of aromatic amines is 1. The number of nitrogens with zero attached hydrogens (tertiary/aromatic N) is 1.